The van der Waals surface area contributed by atoms with Crippen molar-refractivity contribution in [2.45, 2.75) is 13.8 Å². The van der Waals surface area contributed by atoms with E-state index < -0.39 is 0 Å². The second-order valence-electron chi connectivity index (χ2n) is 8.68. The van der Waals surface area contributed by atoms with Gasteiger partial charge >= 0.3 is 0 Å². The number of hydrogen-bond donors (Lipinski definition) is 0. The van der Waals surface area contributed by atoms with E-state index in [1.54, 1.807) is 0 Å². The number of aryl methyl sites for hydroxylation is 3. The van der Waals surface area contributed by atoms with E-state index in [1.165, 1.54) is 32.8 Å². The van der Waals surface area contributed by atoms with Crippen LogP contribution in [0.5, 0.6) is 0 Å². The smallest absolute Gasteiger partial charge is 0.216 e. The molecule has 0 spiro atoms. The SMILES string of the molecule is Cc1cc(-c2ccc3ccccc3c2)c2oc3c(-c4cccc[n+]4C)c(C)ccc3c2c1. The molecule has 0 unspecified atom stereocenters. The van der Waals surface area contributed by atoms with Crippen LogP contribution in [-0.4, -0.2) is 0 Å². The average Bonchev–Trinajstić information content (AvgIpc) is 3.17. The van der Waals surface area contributed by atoms with Crippen molar-refractivity contribution in [3.8, 4) is 22.4 Å². The van der Waals surface area contributed by atoms with E-state index in [0.29, 0.717) is 0 Å². The number of rotatable bonds is 2. The zero-order valence-electron chi connectivity index (χ0n) is 18.5. The van der Waals surface area contributed by atoms with Gasteiger partial charge in [-0.25, -0.2) is 4.57 Å². The lowest BCUT2D eigenvalue weighted by Gasteiger charge is -2.07. The van der Waals surface area contributed by atoms with Crippen molar-refractivity contribution in [3.63, 3.8) is 0 Å². The zero-order chi connectivity index (χ0) is 21.8. The van der Waals surface area contributed by atoms with Crippen molar-refractivity contribution in [2.75, 3.05) is 0 Å². The van der Waals surface area contributed by atoms with Gasteiger partial charge in [-0.3, -0.25) is 0 Å². The highest BCUT2D eigenvalue weighted by Crippen LogP contribution is 2.41. The van der Waals surface area contributed by atoms with Gasteiger partial charge in [0.25, 0.3) is 0 Å². The Morgan fingerprint density at radius 2 is 1.50 bits per heavy atom. The van der Waals surface area contributed by atoms with Gasteiger partial charge in [0.2, 0.25) is 5.69 Å². The molecule has 0 N–H and O–H groups in total. The molecular weight excluding hydrogens is 390 g/mol. The molecular formula is C30H24NO+. The van der Waals surface area contributed by atoms with Gasteiger partial charge < -0.3 is 4.42 Å². The van der Waals surface area contributed by atoms with Crippen LogP contribution >= 0.6 is 0 Å². The Balaban J connectivity index is 1.70. The summed E-state index contributed by atoms with van der Waals surface area (Å²) < 4.78 is 8.87. The van der Waals surface area contributed by atoms with Crippen LogP contribution in [0.25, 0.3) is 55.1 Å². The highest BCUT2D eigenvalue weighted by Gasteiger charge is 2.21. The van der Waals surface area contributed by atoms with Gasteiger partial charge in [0.05, 0.1) is 5.56 Å². The molecule has 2 heterocycles. The van der Waals surface area contributed by atoms with Crippen molar-refractivity contribution < 1.29 is 8.98 Å². The standard InChI is InChI=1S/C30H24NO/c1-19-16-25(23-13-12-21-8-4-5-9-22(21)18-23)29-26(17-19)24-14-11-20(2)28(30(24)32-29)27-10-6-7-15-31(27)3/h4-18H,1-3H3/q+1. The van der Waals surface area contributed by atoms with E-state index in [0.717, 1.165) is 33.4 Å². The fourth-order valence-corrected chi connectivity index (χ4v) is 4.86. The Hall–Kier alpha value is -3.91. The third-order valence-corrected chi connectivity index (χ3v) is 6.47. The molecule has 32 heavy (non-hydrogen) atoms. The first-order chi connectivity index (χ1) is 15.6. The van der Waals surface area contributed by atoms with Gasteiger partial charge in [-0.1, -0.05) is 48.5 Å². The molecule has 2 nitrogen and oxygen atoms in total. The number of hydrogen-bond acceptors (Lipinski definition) is 1. The molecule has 0 aliphatic rings. The molecule has 2 heteroatoms. The summed E-state index contributed by atoms with van der Waals surface area (Å²) in [6.45, 7) is 4.32. The number of aromatic nitrogens is 1. The molecule has 4 aromatic carbocycles. The Kier molecular flexibility index (Phi) is 4.16. The van der Waals surface area contributed by atoms with E-state index >= 15 is 0 Å². The summed E-state index contributed by atoms with van der Waals surface area (Å²) >= 11 is 0. The molecule has 0 bridgehead atoms. The summed E-state index contributed by atoms with van der Waals surface area (Å²) in [5, 5.41) is 4.82. The summed E-state index contributed by atoms with van der Waals surface area (Å²) in [5.74, 6) is 0. The van der Waals surface area contributed by atoms with Crippen LogP contribution in [0.3, 0.4) is 0 Å². The first-order valence-corrected chi connectivity index (χ1v) is 11.0. The van der Waals surface area contributed by atoms with E-state index in [4.69, 9.17) is 4.42 Å². The molecule has 6 aromatic rings. The molecule has 0 amide bonds. The van der Waals surface area contributed by atoms with Gasteiger partial charge in [0, 0.05) is 28.5 Å². The maximum Gasteiger partial charge on any atom is 0.216 e. The first-order valence-electron chi connectivity index (χ1n) is 11.0. The summed E-state index contributed by atoms with van der Waals surface area (Å²) in [6.07, 6.45) is 2.08. The maximum absolute atomic E-state index is 6.71. The van der Waals surface area contributed by atoms with Crippen LogP contribution in [0.15, 0.2) is 95.5 Å². The van der Waals surface area contributed by atoms with Crippen LogP contribution in [0.1, 0.15) is 11.1 Å². The zero-order valence-corrected chi connectivity index (χ0v) is 18.5. The van der Waals surface area contributed by atoms with Gasteiger partial charge in [-0.05, 0) is 65.6 Å². The molecule has 0 saturated heterocycles. The molecule has 0 radical (unpaired) electrons. The number of fused-ring (bicyclic) bond motifs is 4. The van der Waals surface area contributed by atoms with Crippen LogP contribution in [0.4, 0.5) is 0 Å². The van der Waals surface area contributed by atoms with Crippen LogP contribution in [-0.2, 0) is 7.05 Å². The highest BCUT2D eigenvalue weighted by molar-refractivity contribution is 6.13. The molecule has 0 aliphatic carbocycles. The molecule has 0 fully saturated rings. The van der Waals surface area contributed by atoms with E-state index in [-0.39, 0.29) is 0 Å². The minimum atomic E-state index is 0.950. The molecule has 6 rings (SSSR count). The third kappa shape index (κ3) is 2.84. The van der Waals surface area contributed by atoms with E-state index in [9.17, 15) is 0 Å². The van der Waals surface area contributed by atoms with E-state index in [2.05, 4.69) is 117 Å². The van der Waals surface area contributed by atoms with Crippen molar-refractivity contribution in [3.05, 3.63) is 102 Å². The first kappa shape index (κ1) is 18.8. The Morgan fingerprint density at radius 3 is 2.34 bits per heavy atom. The Bertz CT molecular complexity index is 1660. The predicted octanol–water partition coefficient (Wildman–Crippen LogP) is 7.51. The number of nitrogens with zero attached hydrogens (tertiary/aromatic N) is 1. The minimum Gasteiger partial charge on any atom is -0.454 e. The topological polar surface area (TPSA) is 17.0 Å². The fourth-order valence-electron chi connectivity index (χ4n) is 4.86. The average molecular weight is 415 g/mol. The summed E-state index contributed by atoms with van der Waals surface area (Å²) in [7, 11) is 2.08. The number of pyridine rings is 1. The van der Waals surface area contributed by atoms with Crippen molar-refractivity contribution >= 4 is 32.7 Å². The van der Waals surface area contributed by atoms with Gasteiger partial charge in [-0.2, -0.15) is 0 Å². The lowest BCUT2D eigenvalue weighted by Crippen LogP contribution is -2.30. The maximum atomic E-state index is 6.71. The molecule has 2 aromatic heterocycles. The van der Waals surface area contributed by atoms with Gasteiger partial charge in [0.1, 0.15) is 18.2 Å². The molecule has 0 aliphatic heterocycles. The van der Waals surface area contributed by atoms with Crippen molar-refractivity contribution in [1.29, 1.82) is 0 Å². The third-order valence-electron chi connectivity index (χ3n) is 6.47. The Labute approximate surface area is 187 Å². The lowest BCUT2D eigenvalue weighted by atomic mass is 9.96. The monoisotopic (exact) mass is 414 g/mol. The molecule has 0 saturated carbocycles. The summed E-state index contributed by atoms with van der Waals surface area (Å²) in [5.41, 5.74) is 8.98. The number of benzene rings is 4. The number of furan rings is 1. The minimum absolute atomic E-state index is 0.950. The normalized spacial score (nSPS) is 11.6. The summed E-state index contributed by atoms with van der Waals surface area (Å²) in [6, 6.07) is 30.3. The van der Waals surface area contributed by atoms with Crippen LogP contribution < -0.4 is 4.57 Å². The fraction of sp³-hybridized carbons (Fsp3) is 0.100. The predicted molar refractivity (Wildman–Crippen MR) is 133 cm³/mol. The quantitative estimate of drug-likeness (QED) is 0.268. The van der Waals surface area contributed by atoms with Crippen molar-refractivity contribution in [2.24, 2.45) is 7.05 Å². The van der Waals surface area contributed by atoms with Crippen molar-refractivity contribution in [1.82, 2.24) is 0 Å². The van der Waals surface area contributed by atoms with Crippen LogP contribution in [0.2, 0.25) is 0 Å². The lowest BCUT2D eigenvalue weighted by molar-refractivity contribution is -0.660. The molecule has 154 valence electrons. The highest BCUT2D eigenvalue weighted by atomic mass is 16.3. The van der Waals surface area contributed by atoms with Gasteiger partial charge in [-0.15, -0.1) is 0 Å². The second-order valence-corrected chi connectivity index (χ2v) is 8.68. The van der Waals surface area contributed by atoms with Crippen LogP contribution in [0, 0.1) is 13.8 Å². The van der Waals surface area contributed by atoms with E-state index in [1.807, 2.05) is 0 Å². The largest absolute Gasteiger partial charge is 0.454 e. The summed E-state index contributed by atoms with van der Waals surface area (Å²) in [4.78, 5) is 0. The second kappa shape index (κ2) is 7.06. The Morgan fingerprint density at radius 1 is 0.688 bits per heavy atom. The van der Waals surface area contributed by atoms with Gasteiger partial charge in [0.15, 0.2) is 6.20 Å². The molecule has 0 atom stereocenters.